The van der Waals surface area contributed by atoms with Crippen LogP contribution in [-0.2, 0) is 9.53 Å². The molecule has 0 saturated heterocycles. The molecule has 5 nitrogen and oxygen atoms in total. The lowest BCUT2D eigenvalue weighted by atomic mass is 10.3. The summed E-state index contributed by atoms with van der Waals surface area (Å²) in [5.41, 5.74) is 0. The number of hydrogen-bond donors (Lipinski definition) is 2. The van der Waals surface area contributed by atoms with Gasteiger partial charge in [-0.05, 0) is 17.7 Å². The van der Waals surface area contributed by atoms with E-state index in [1.165, 1.54) is 30.2 Å². The Balaban J connectivity index is 2.58. The van der Waals surface area contributed by atoms with Crippen molar-refractivity contribution in [3.63, 3.8) is 0 Å². The Hall–Kier alpha value is -1.05. The van der Waals surface area contributed by atoms with Crippen LogP contribution in [0.3, 0.4) is 0 Å². The van der Waals surface area contributed by atoms with E-state index in [2.05, 4.69) is 5.32 Å². The van der Waals surface area contributed by atoms with E-state index in [0.717, 1.165) is 4.90 Å². The van der Waals surface area contributed by atoms with Crippen LogP contribution in [0.5, 0.6) is 0 Å². The zero-order valence-electron chi connectivity index (χ0n) is 9.43. The zero-order valence-corrected chi connectivity index (χ0v) is 11.1. The average Bonchev–Trinajstić information content (AvgIpc) is 2.77. The Kier molecular flexibility index (Phi) is 5.46. The number of thiophene rings is 1. The Morgan fingerprint density at radius 2 is 2.35 bits per heavy atom. The molecule has 0 bridgehead atoms. The summed E-state index contributed by atoms with van der Waals surface area (Å²) in [5.74, 6) is -1.36. The van der Waals surface area contributed by atoms with Gasteiger partial charge in [-0.15, -0.1) is 23.1 Å². The summed E-state index contributed by atoms with van der Waals surface area (Å²) in [6.45, 7) is -0.0453. The number of carboxylic acid groups (broad SMARTS) is 1. The van der Waals surface area contributed by atoms with Crippen molar-refractivity contribution in [3.8, 4) is 0 Å². The van der Waals surface area contributed by atoms with Gasteiger partial charge in [0.1, 0.15) is 4.88 Å². The molecule has 0 radical (unpaired) electrons. The van der Waals surface area contributed by atoms with Gasteiger partial charge in [-0.3, -0.25) is 4.79 Å². The molecule has 2 N–H and O–H groups in total. The Bertz CT molecular complexity index is 405. The fourth-order valence-corrected chi connectivity index (χ4v) is 2.83. The molecule has 1 aromatic heterocycles. The van der Waals surface area contributed by atoms with Crippen molar-refractivity contribution in [1.29, 1.82) is 0 Å². The molecule has 1 amide bonds. The first-order chi connectivity index (χ1) is 8.10. The van der Waals surface area contributed by atoms with Crippen molar-refractivity contribution in [3.05, 3.63) is 16.3 Å². The summed E-state index contributed by atoms with van der Waals surface area (Å²) in [5, 5.41) is 13.1. The number of carbonyl (C=O) groups excluding carboxylic acids is 1. The third-order valence-corrected chi connectivity index (χ3v) is 3.89. The van der Waals surface area contributed by atoms with Crippen molar-refractivity contribution in [1.82, 2.24) is 5.32 Å². The number of carboxylic acids is 1. The lowest BCUT2D eigenvalue weighted by molar-refractivity contribution is -0.147. The Morgan fingerprint density at radius 1 is 1.65 bits per heavy atom. The number of aliphatic carboxylic acids is 1. The molecule has 1 atom stereocenters. The molecule has 1 aromatic rings. The second-order valence-corrected chi connectivity index (χ2v) is 4.85. The maximum Gasteiger partial charge on any atom is 0.334 e. The van der Waals surface area contributed by atoms with Gasteiger partial charge in [0.15, 0.2) is 6.10 Å². The van der Waals surface area contributed by atoms with Crippen molar-refractivity contribution in [2.75, 3.05) is 19.9 Å². The highest BCUT2D eigenvalue weighted by Crippen LogP contribution is 2.25. The molecular weight excluding hydrogens is 262 g/mol. The monoisotopic (exact) mass is 275 g/mol. The minimum atomic E-state index is -1.09. The highest BCUT2D eigenvalue weighted by Gasteiger charge is 2.19. The van der Waals surface area contributed by atoms with Crippen molar-refractivity contribution < 1.29 is 19.4 Å². The number of nitrogens with one attached hydrogen (secondary N) is 1. The fraction of sp³-hybridized carbons (Fsp3) is 0.400. The molecule has 0 aromatic carbocycles. The number of hydrogen-bond acceptors (Lipinski definition) is 5. The van der Waals surface area contributed by atoms with E-state index >= 15 is 0 Å². The third-order valence-electron chi connectivity index (χ3n) is 2.06. The maximum absolute atomic E-state index is 11.8. The average molecular weight is 275 g/mol. The largest absolute Gasteiger partial charge is 0.479 e. The predicted octanol–water partition coefficient (Wildman–Crippen LogP) is 1.30. The highest BCUT2D eigenvalue weighted by atomic mass is 32.2. The molecule has 1 rings (SSSR count). The van der Waals surface area contributed by atoms with Crippen LogP contribution in [-0.4, -0.2) is 43.0 Å². The van der Waals surface area contributed by atoms with Gasteiger partial charge in [0.2, 0.25) is 0 Å². The second-order valence-electron chi connectivity index (χ2n) is 3.09. The zero-order chi connectivity index (χ0) is 12.8. The van der Waals surface area contributed by atoms with Gasteiger partial charge >= 0.3 is 5.97 Å². The van der Waals surface area contributed by atoms with Crippen LogP contribution in [0.4, 0.5) is 0 Å². The van der Waals surface area contributed by atoms with E-state index in [1.54, 1.807) is 0 Å². The van der Waals surface area contributed by atoms with Gasteiger partial charge < -0.3 is 15.2 Å². The summed E-state index contributed by atoms with van der Waals surface area (Å²) in [4.78, 5) is 23.9. The molecule has 94 valence electrons. The highest BCUT2D eigenvalue weighted by molar-refractivity contribution is 7.98. The predicted molar refractivity (Wildman–Crippen MR) is 66.9 cm³/mol. The fourth-order valence-electron chi connectivity index (χ4n) is 1.16. The minimum absolute atomic E-state index is 0.0453. The topological polar surface area (TPSA) is 75.6 Å². The molecule has 0 aliphatic carbocycles. The first-order valence-electron chi connectivity index (χ1n) is 4.75. The lowest BCUT2D eigenvalue weighted by Gasteiger charge is -2.11. The molecule has 0 aliphatic rings. The number of amides is 1. The van der Waals surface area contributed by atoms with Crippen LogP contribution in [0.15, 0.2) is 16.3 Å². The molecule has 1 unspecified atom stereocenters. The molecule has 0 aliphatic heterocycles. The summed E-state index contributed by atoms with van der Waals surface area (Å²) in [6, 6.07) is 1.86. The molecule has 0 fully saturated rings. The van der Waals surface area contributed by atoms with Crippen LogP contribution in [0.1, 0.15) is 9.67 Å². The summed E-state index contributed by atoms with van der Waals surface area (Å²) in [6.07, 6.45) is 0.866. The summed E-state index contributed by atoms with van der Waals surface area (Å²) in [7, 11) is 1.30. The quantitative estimate of drug-likeness (QED) is 0.765. The minimum Gasteiger partial charge on any atom is -0.479 e. The van der Waals surface area contributed by atoms with Gasteiger partial charge in [-0.25, -0.2) is 4.79 Å². The third kappa shape index (κ3) is 3.72. The number of rotatable bonds is 6. The van der Waals surface area contributed by atoms with Crippen molar-refractivity contribution in [2.45, 2.75) is 11.0 Å². The Morgan fingerprint density at radius 3 is 2.88 bits per heavy atom. The number of carbonyl (C=O) groups is 2. The normalized spacial score (nSPS) is 12.1. The van der Waals surface area contributed by atoms with E-state index < -0.39 is 12.1 Å². The lowest BCUT2D eigenvalue weighted by Crippen LogP contribution is -2.37. The number of ether oxygens (including phenoxy) is 1. The first kappa shape index (κ1) is 14.0. The van der Waals surface area contributed by atoms with Crippen LogP contribution in [0.2, 0.25) is 0 Å². The molecule has 7 heteroatoms. The van der Waals surface area contributed by atoms with Gasteiger partial charge in [0.05, 0.1) is 6.54 Å². The van der Waals surface area contributed by atoms with Crippen molar-refractivity contribution in [2.24, 2.45) is 0 Å². The van der Waals surface area contributed by atoms with E-state index in [1.807, 2.05) is 17.7 Å². The van der Waals surface area contributed by atoms with Crippen LogP contribution in [0.25, 0.3) is 0 Å². The van der Waals surface area contributed by atoms with E-state index in [-0.39, 0.29) is 12.5 Å². The maximum atomic E-state index is 11.8. The van der Waals surface area contributed by atoms with Crippen molar-refractivity contribution >= 4 is 35.0 Å². The Labute approximate surface area is 107 Å². The van der Waals surface area contributed by atoms with E-state index in [4.69, 9.17) is 9.84 Å². The van der Waals surface area contributed by atoms with Crippen LogP contribution < -0.4 is 5.32 Å². The molecule has 0 saturated carbocycles. The van der Waals surface area contributed by atoms with E-state index in [0.29, 0.717) is 4.88 Å². The van der Waals surface area contributed by atoms with Crippen LogP contribution >= 0.6 is 23.1 Å². The number of thioether (sulfide) groups is 1. The molecule has 0 spiro atoms. The first-order valence-corrected chi connectivity index (χ1v) is 6.85. The molecule has 1 heterocycles. The smallest absolute Gasteiger partial charge is 0.334 e. The van der Waals surface area contributed by atoms with Crippen LogP contribution in [0, 0.1) is 0 Å². The van der Waals surface area contributed by atoms with Gasteiger partial charge in [0, 0.05) is 12.0 Å². The van der Waals surface area contributed by atoms with Gasteiger partial charge in [-0.2, -0.15) is 0 Å². The van der Waals surface area contributed by atoms with Gasteiger partial charge in [0.25, 0.3) is 5.91 Å². The molecular formula is C10H13NO4S2. The molecule has 17 heavy (non-hydrogen) atoms. The van der Waals surface area contributed by atoms with E-state index in [9.17, 15) is 9.59 Å². The summed E-state index contributed by atoms with van der Waals surface area (Å²) < 4.78 is 4.72. The summed E-state index contributed by atoms with van der Waals surface area (Å²) >= 11 is 2.81. The SMILES string of the molecule is COC(CNC(=O)c1sccc1SC)C(=O)O. The van der Waals surface area contributed by atoms with Gasteiger partial charge in [-0.1, -0.05) is 0 Å². The second kappa shape index (κ2) is 6.63. The number of methoxy groups -OCH3 is 1. The standard InChI is InChI=1S/C10H13NO4S2/c1-15-6(10(13)14)5-11-9(12)8-7(16-2)3-4-17-8/h3-4,6H,5H2,1-2H3,(H,11,12)(H,13,14).